The minimum Gasteiger partial charge on any atom is -0.494 e. The van der Waals surface area contributed by atoms with Crippen LogP contribution in [0.5, 0.6) is 17.4 Å². The average Bonchev–Trinajstić information content (AvgIpc) is 2.49. The minimum atomic E-state index is 0.280. The summed E-state index contributed by atoms with van der Waals surface area (Å²) in [7, 11) is 1.93. The monoisotopic (exact) mass is 272 g/mol. The predicted molar refractivity (Wildman–Crippen MR) is 79.4 cm³/mol. The Morgan fingerprint density at radius 3 is 2.35 bits per heavy atom. The predicted octanol–water partition coefficient (Wildman–Crippen LogP) is 3.55. The van der Waals surface area contributed by atoms with Gasteiger partial charge in [-0.25, -0.2) is 4.98 Å². The van der Waals surface area contributed by atoms with Crippen molar-refractivity contribution < 1.29 is 9.47 Å². The number of rotatable bonds is 6. The zero-order chi connectivity index (χ0) is 14.4. The van der Waals surface area contributed by atoms with Gasteiger partial charge in [0.2, 0.25) is 5.88 Å². The summed E-state index contributed by atoms with van der Waals surface area (Å²) >= 11 is 0. The van der Waals surface area contributed by atoms with Crippen LogP contribution in [-0.2, 0) is 0 Å². The maximum absolute atomic E-state index is 5.69. The van der Waals surface area contributed by atoms with Crippen molar-refractivity contribution >= 4 is 0 Å². The molecule has 1 unspecified atom stereocenters. The normalized spacial score (nSPS) is 11.9. The van der Waals surface area contributed by atoms with Crippen molar-refractivity contribution in [2.45, 2.75) is 19.9 Å². The molecule has 0 saturated heterocycles. The van der Waals surface area contributed by atoms with Gasteiger partial charge in [0.25, 0.3) is 0 Å². The second-order valence-electron chi connectivity index (χ2n) is 4.45. The lowest BCUT2D eigenvalue weighted by molar-refractivity contribution is 0.339. The van der Waals surface area contributed by atoms with Crippen molar-refractivity contribution in [1.29, 1.82) is 0 Å². The molecule has 0 saturated carbocycles. The van der Waals surface area contributed by atoms with E-state index in [9.17, 15) is 0 Å². The van der Waals surface area contributed by atoms with E-state index in [4.69, 9.17) is 9.47 Å². The minimum absolute atomic E-state index is 0.280. The van der Waals surface area contributed by atoms with Gasteiger partial charge in [-0.05, 0) is 50.7 Å². The number of aromatic nitrogens is 1. The highest BCUT2D eigenvalue weighted by Gasteiger charge is 2.04. The summed E-state index contributed by atoms with van der Waals surface area (Å²) in [5, 5.41) is 3.17. The van der Waals surface area contributed by atoms with E-state index in [-0.39, 0.29) is 6.04 Å². The van der Waals surface area contributed by atoms with Gasteiger partial charge >= 0.3 is 0 Å². The van der Waals surface area contributed by atoms with E-state index in [1.807, 2.05) is 56.6 Å². The highest BCUT2D eigenvalue weighted by Crippen LogP contribution is 2.23. The van der Waals surface area contributed by atoms with Crippen LogP contribution < -0.4 is 14.8 Å². The first-order chi connectivity index (χ1) is 9.72. The van der Waals surface area contributed by atoms with Crippen LogP contribution in [0.25, 0.3) is 0 Å². The molecule has 1 atom stereocenters. The molecule has 0 aliphatic rings. The first-order valence-electron chi connectivity index (χ1n) is 6.77. The van der Waals surface area contributed by atoms with Crippen molar-refractivity contribution in [2.24, 2.45) is 0 Å². The largest absolute Gasteiger partial charge is 0.494 e. The maximum Gasteiger partial charge on any atom is 0.219 e. The summed E-state index contributed by atoms with van der Waals surface area (Å²) in [6.07, 6.45) is 1.82. The Labute approximate surface area is 119 Å². The lowest BCUT2D eigenvalue weighted by Crippen LogP contribution is -2.12. The molecule has 0 bridgehead atoms. The molecule has 4 heteroatoms. The summed E-state index contributed by atoms with van der Waals surface area (Å²) < 4.78 is 11.1. The number of nitrogens with one attached hydrogen (secondary N) is 1. The zero-order valence-electron chi connectivity index (χ0n) is 12.1. The Balaban J connectivity index is 2.02. The lowest BCUT2D eigenvalue weighted by atomic mass is 10.1. The van der Waals surface area contributed by atoms with Gasteiger partial charge in [0.05, 0.1) is 6.61 Å². The van der Waals surface area contributed by atoms with Gasteiger partial charge in [-0.15, -0.1) is 0 Å². The van der Waals surface area contributed by atoms with Crippen LogP contribution in [0.1, 0.15) is 25.5 Å². The van der Waals surface area contributed by atoms with Crippen molar-refractivity contribution in [3.8, 4) is 17.4 Å². The zero-order valence-corrected chi connectivity index (χ0v) is 12.1. The molecule has 1 N–H and O–H groups in total. The quantitative estimate of drug-likeness (QED) is 0.873. The van der Waals surface area contributed by atoms with E-state index in [1.165, 1.54) is 0 Å². The van der Waals surface area contributed by atoms with Crippen LogP contribution in [-0.4, -0.2) is 18.6 Å². The van der Waals surface area contributed by atoms with E-state index in [1.54, 1.807) is 0 Å². The van der Waals surface area contributed by atoms with Gasteiger partial charge in [-0.1, -0.05) is 6.07 Å². The third-order valence-electron chi connectivity index (χ3n) is 3.05. The molecule has 0 spiro atoms. The fraction of sp³-hybridized carbons (Fsp3) is 0.312. The highest BCUT2D eigenvalue weighted by molar-refractivity contribution is 5.34. The average molecular weight is 272 g/mol. The molecule has 1 aromatic heterocycles. The second-order valence-corrected chi connectivity index (χ2v) is 4.45. The number of pyridine rings is 1. The van der Waals surface area contributed by atoms with Crippen molar-refractivity contribution in [1.82, 2.24) is 10.3 Å². The third-order valence-corrected chi connectivity index (χ3v) is 3.05. The number of nitrogens with zero attached hydrogens (tertiary/aromatic N) is 1. The molecular formula is C16H20N2O2. The summed E-state index contributed by atoms with van der Waals surface area (Å²) in [6.45, 7) is 4.71. The van der Waals surface area contributed by atoms with Gasteiger partial charge in [0, 0.05) is 18.3 Å². The Morgan fingerprint density at radius 1 is 1.10 bits per heavy atom. The summed E-state index contributed by atoms with van der Waals surface area (Å²) in [6, 6.07) is 11.7. The SMILES string of the molecule is CCOc1ccc(Oc2ccc(C(C)NC)cn2)cc1. The summed E-state index contributed by atoms with van der Waals surface area (Å²) in [4.78, 5) is 4.31. The van der Waals surface area contributed by atoms with Crippen LogP contribution in [0, 0.1) is 0 Å². The van der Waals surface area contributed by atoms with E-state index >= 15 is 0 Å². The fourth-order valence-electron chi connectivity index (χ4n) is 1.77. The topological polar surface area (TPSA) is 43.4 Å². The lowest BCUT2D eigenvalue weighted by Gasteiger charge is -2.11. The van der Waals surface area contributed by atoms with E-state index in [2.05, 4.69) is 17.2 Å². The molecular weight excluding hydrogens is 252 g/mol. The number of benzene rings is 1. The van der Waals surface area contributed by atoms with Crippen molar-refractivity contribution in [3.63, 3.8) is 0 Å². The molecule has 0 amide bonds. The molecule has 1 heterocycles. The van der Waals surface area contributed by atoms with Gasteiger partial charge in [-0.3, -0.25) is 0 Å². The van der Waals surface area contributed by atoms with Crippen LogP contribution in [0.2, 0.25) is 0 Å². The summed E-state index contributed by atoms with van der Waals surface area (Å²) in [5.74, 6) is 2.17. The molecule has 0 radical (unpaired) electrons. The molecule has 0 aliphatic carbocycles. The molecule has 2 aromatic rings. The molecule has 0 aliphatic heterocycles. The van der Waals surface area contributed by atoms with Crippen molar-refractivity contribution in [2.75, 3.05) is 13.7 Å². The molecule has 20 heavy (non-hydrogen) atoms. The number of hydrogen-bond donors (Lipinski definition) is 1. The smallest absolute Gasteiger partial charge is 0.219 e. The summed E-state index contributed by atoms with van der Waals surface area (Å²) in [5.41, 5.74) is 1.13. The first kappa shape index (κ1) is 14.3. The Morgan fingerprint density at radius 2 is 1.80 bits per heavy atom. The highest BCUT2D eigenvalue weighted by atomic mass is 16.5. The van der Waals surface area contributed by atoms with Gasteiger partial charge < -0.3 is 14.8 Å². The maximum atomic E-state index is 5.69. The Bertz CT molecular complexity index is 523. The molecule has 4 nitrogen and oxygen atoms in total. The van der Waals surface area contributed by atoms with Crippen LogP contribution in [0.3, 0.4) is 0 Å². The number of ether oxygens (including phenoxy) is 2. The first-order valence-corrected chi connectivity index (χ1v) is 6.77. The van der Waals surface area contributed by atoms with Gasteiger partial charge in [-0.2, -0.15) is 0 Å². The molecule has 2 rings (SSSR count). The fourth-order valence-corrected chi connectivity index (χ4v) is 1.77. The van der Waals surface area contributed by atoms with Crippen LogP contribution >= 0.6 is 0 Å². The van der Waals surface area contributed by atoms with Crippen molar-refractivity contribution in [3.05, 3.63) is 48.2 Å². The Hall–Kier alpha value is -2.07. The van der Waals surface area contributed by atoms with E-state index in [0.29, 0.717) is 12.5 Å². The molecule has 0 fully saturated rings. The van der Waals surface area contributed by atoms with E-state index < -0.39 is 0 Å². The van der Waals surface area contributed by atoms with Crippen LogP contribution in [0.15, 0.2) is 42.6 Å². The van der Waals surface area contributed by atoms with Crippen LogP contribution in [0.4, 0.5) is 0 Å². The standard InChI is InChI=1S/C16H20N2O2/c1-4-19-14-6-8-15(9-7-14)20-16-10-5-13(11-18-16)12(2)17-3/h5-12,17H,4H2,1-3H3. The van der Waals surface area contributed by atoms with Gasteiger partial charge in [0.1, 0.15) is 11.5 Å². The molecule has 1 aromatic carbocycles. The third kappa shape index (κ3) is 3.71. The Kier molecular flexibility index (Phi) is 4.96. The van der Waals surface area contributed by atoms with Gasteiger partial charge in [0.15, 0.2) is 0 Å². The second kappa shape index (κ2) is 6.91. The molecule has 106 valence electrons. The number of hydrogen-bond acceptors (Lipinski definition) is 4. The van der Waals surface area contributed by atoms with E-state index in [0.717, 1.165) is 17.1 Å².